The molecule has 94 valence electrons. The summed E-state index contributed by atoms with van der Waals surface area (Å²) in [6, 6.07) is 14.3. The predicted molar refractivity (Wildman–Crippen MR) is 71.0 cm³/mol. The predicted octanol–water partition coefficient (Wildman–Crippen LogP) is 3.28. The third kappa shape index (κ3) is 3.41. The van der Waals surface area contributed by atoms with Crippen molar-refractivity contribution in [2.75, 3.05) is 0 Å². The van der Waals surface area contributed by atoms with Gasteiger partial charge in [0.05, 0.1) is 6.10 Å². The summed E-state index contributed by atoms with van der Waals surface area (Å²) in [5, 5.41) is 10.1. The second kappa shape index (κ2) is 5.78. The van der Waals surface area contributed by atoms with Gasteiger partial charge in [-0.1, -0.05) is 36.4 Å². The molecule has 1 N–H and O–H groups in total. The highest BCUT2D eigenvalue weighted by atomic mass is 19.1. The molecule has 2 aromatic carbocycles. The molecular formula is C16H17FO. The number of hydrogen-bond acceptors (Lipinski definition) is 1. The molecular weight excluding hydrogens is 227 g/mol. The van der Waals surface area contributed by atoms with E-state index in [-0.39, 0.29) is 5.82 Å². The second-order valence-corrected chi connectivity index (χ2v) is 4.62. The lowest BCUT2D eigenvalue weighted by Crippen LogP contribution is -2.14. The summed E-state index contributed by atoms with van der Waals surface area (Å²) in [6.45, 7) is 2.04. The van der Waals surface area contributed by atoms with E-state index in [2.05, 4.69) is 0 Å². The third-order valence-electron chi connectivity index (χ3n) is 3.10. The topological polar surface area (TPSA) is 20.2 Å². The Morgan fingerprint density at radius 2 is 1.67 bits per heavy atom. The van der Waals surface area contributed by atoms with Gasteiger partial charge in [0.2, 0.25) is 0 Å². The fraction of sp³-hybridized carbons (Fsp3) is 0.250. The van der Waals surface area contributed by atoms with Crippen LogP contribution in [0.5, 0.6) is 0 Å². The van der Waals surface area contributed by atoms with Crippen LogP contribution in [-0.4, -0.2) is 11.2 Å². The zero-order valence-corrected chi connectivity index (χ0v) is 10.4. The zero-order valence-electron chi connectivity index (χ0n) is 10.4. The van der Waals surface area contributed by atoms with Crippen molar-refractivity contribution in [2.45, 2.75) is 25.9 Å². The second-order valence-electron chi connectivity index (χ2n) is 4.62. The number of hydrogen-bond donors (Lipinski definition) is 1. The van der Waals surface area contributed by atoms with Gasteiger partial charge in [0.1, 0.15) is 5.82 Å². The summed E-state index contributed by atoms with van der Waals surface area (Å²) in [5.74, 6) is -0.243. The molecule has 0 saturated heterocycles. The lowest BCUT2D eigenvalue weighted by molar-refractivity contribution is 0.175. The highest BCUT2D eigenvalue weighted by Gasteiger charge is 2.08. The van der Waals surface area contributed by atoms with Gasteiger partial charge < -0.3 is 5.11 Å². The molecule has 1 nitrogen and oxygen atoms in total. The Kier molecular flexibility index (Phi) is 4.11. The van der Waals surface area contributed by atoms with Crippen LogP contribution in [0.25, 0.3) is 0 Å². The number of rotatable bonds is 4. The highest BCUT2D eigenvalue weighted by Crippen LogP contribution is 2.13. The SMILES string of the molecule is Cc1ccccc1CC(O)Cc1ccc(F)cc1. The van der Waals surface area contributed by atoms with E-state index in [9.17, 15) is 9.50 Å². The Balaban J connectivity index is 1.99. The molecule has 18 heavy (non-hydrogen) atoms. The van der Waals surface area contributed by atoms with Crippen LogP contribution >= 0.6 is 0 Å². The van der Waals surface area contributed by atoms with Crippen LogP contribution in [0.4, 0.5) is 4.39 Å². The quantitative estimate of drug-likeness (QED) is 0.875. The number of benzene rings is 2. The number of aryl methyl sites for hydroxylation is 1. The maximum absolute atomic E-state index is 12.8. The summed E-state index contributed by atoms with van der Waals surface area (Å²) < 4.78 is 12.8. The van der Waals surface area contributed by atoms with Crippen molar-refractivity contribution >= 4 is 0 Å². The summed E-state index contributed by atoms with van der Waals surface area (Å²) in [6.07, 6.45) is 0.745. The molecule has 0 spiro atoms. The molecule has 1 atom stereocenters. The average molecular weight is 244 g/mol. The van der Waals surface area contributed by atoms with Gasteiger partial charge >= 0.3 is 0 Å². The smallest absolute Gasteiger partial charge is 0.123 e. The minimum absolute atomic E-state index is 0.243. The number of halogens is 1. The lowest BCUT2D eigenvalue weighted by atomic mass is 9.98. The largest absolute Gasteiger partial charge is 0.392 e. The molecule has 0 heterocycles. The Labute approximate surface area is 107 Å². The molecule has 0 radical (unpaired) electrons. The van der Waals surface area contributed by atoms with E-state index in [1.165, 1.54) is 17.7 Å². The fourth-order valence-electron chi connectivity index (χ4n) is 2.06. The van der Waals surface area contributed by atoms with Crippen LogP contribution in [0, 0.1) is 12.7 Å². The van der Waals surface area contributed by atoms with E-state index in [1.807, 2.05) is 31.2 Å². The van der Waals surface area contributed by atoms with Gasteiger partial charge in [-0.25, -0.2) is 4.39 Å². The van der Waals surface area contributed by atoms with Gasteiger partial charge in [-0.2, -0.15) is 0 Å². The van der Waals surface area contributed by atoms with Crippen molar-refractivity contribution in [3.05, 3.63) is 71.0 Å². The molecule has 2 rings (SSSR count). The van der Waals surface area contributed by atoms with Gasteiger partial charge in [-0.15, -0.1) is 0 Å². The molecule has 0 saturated carbocycles. The van der Waals surface area contributed by atoms with Crippen molar-refractivity contribution in [1.82, 2.24) is 0 Å². The maximum atomic E-state index is 12.8. The maximum Gasteiger partial charge on any atom is 0.123 e. The van der Waals surface area contributed by atoms with Crippen molar-refractivity contribution in [1.29, 1.82) is 0 Å². The first-order valence-corrected chi connectivity index (χ1v) is 6.12. The Hall–Kier alpha value is -1.67. The first-order valence-electron chi connectivity index (χ1n) is 6.12. The average Bonchev–Trinajstić information content (AvgIpc) is 2.35. The summed E-state index contributed by atoms with van der Waals surface area (Å²) in [4.78, 5) is 0. The summed E-state index contributed by atoms with van der Waals surface area (Å²) in [5.41, 5.74) is 3.31. The molecule has 0 aromatic heterocycles. The van der Waals surface area contributed by atoms with E-state index >= 15 is 0 Å². The molecule has 0 bridgehead atoms. The molecule has 0 aliphatic carbocycles. The van der Waals surface area contributed by atoms with Gasteiger partial charge in [0.15, 0.2) is 0 Å². The standard InChI is InChI=1S/C16H17FO/c1-12-4-2-3-5-14(12)11-16(18)10-13-6-8-15(17)9-7-13/h2-9,16,18H,10-11H2,1H3. The molecule has 2 heteroatoms. The highest BCUT2D eigenvalue weighted by molar-refractivity contribution is 5.26. The van der Waals surface area contributed by atoms with Crippen molar-refractivity contribution < 1.29 is 9.50 Å². The van der Waals surface area contributed by atoms with Crippen LogP contribution in [-0.2, 0) is 12.8 Å². The third-order valence-corrected chi connectivity index (χ3v) is 3.10. The molecule has 1 unspecified atom stereocenters. The van der Waals surface area contributed by atoms with Crippen LogP contribution < -0.4 is 0 Å². The zero-order chi connectivity index (χ0) is 13.0. The minimum atomic E-state index is -0.434. The van der Waals surface area contributed by atoms with E-state index in [1.54, 1.807) is 12.1 Å². The van der Waals surface area contributed by atoms with E-state index in [0.717, 1.165) is 11.1 Å². The lowest BCUT2D eigenvalue weighted by Gasteiger charge is -2.12. The number of aliphatic hydroxyl groups is 1. The van der Waals surface area contributed by atoms with Gasteiger partial charge in [-0.05, 0) is 48.6 Å². The van der Waals surface area contributed by atoms with E-state index in [0.29, 0.717) is 12.8 Å². The van der Waals surface area contributed by atoms with Gasteiger partial charge in [0.25, 0.3) is 0 Å². The first-order chi connectivity index (χ1) is 8.65. The Morgan fingerprint density at radius 3 is 2.33 bits per heavy atom. The van der Waals surface area contributed by atoms with E-state index < -0.39 is 6.10 Å². The van der Waals surface area contributed by atoms with Crippen molar-refractivity contribution in [2.24, 2.45) is 0 Å². The molecule has 0 amide bonds. The summed E-state index contributed by atoms with van der Waals surface area (Å²) in [7, 11) is 0. The van der Waals surface area contributed by atoms with Crippen LogP contribution in [0.15, 0.2) is 48.5 Å². The molecule has 0 aliphatic heterocycles. The minimum Gasteiger partial charge on any atom is -0.392 e. The fourth-order valence-corrected chi connectivity index (χ4v) is 2.06. The Bertz CT molecular complexity index is 505. The molecule has 0 aliphatic rings. The first kappa shape index (κ1) is 12.8. The van der Waals surface area contributed by atoms with E-state index in [4.69, 9.17) is 0 Å². The summed E-state index contributed by atoms with van der Waals surface area (Å²) >= 11 is 0. The van der Waals surface area contributed by atoms with Crippen molar-refractivity contribution in [3.8, 4) is 0 Å². The van der Waals surface area contributed by atoms with Crippen LogP contribution in [0.1, 0.15) is 16.7 Å². The molecule has 2 aromatic rings. The van der Waals surface area contributed by atoms with Gasteiger partial charge in [-0.3, -0.25) is 0 Å². The van der Waals surface area contributed by atoms with Crippen molar-refractivity contribution in [3.63, 3.8) is 0 Å². The Morgan fingerprint density at radius 1 is 1.00 bits per heavy atom. The monoisotopic (exact) mass is 244 g/mol. The van der Waals surface area contributed by atoms with Crippen LogP contribution in [0.2, 0.25) is 0 Å². The van der Waals surface area contributed by atoms with Crippen LogP contribution in [0.3, 0.4) is 0 Å². The molecule has 0 fully saturated rings. The van der Waals surface area contributed by atoms with Gasteiger partial charge in [0, 0.05) is 0 Å². The normalized spacial score (nSPS) is 12.4. The number of aliphatic hydroxyl groups excluding tert-OH is 1.